The third-order valence-electron chi connectivity index (χ3n) is 6.00. The van der Waals surface area contributed by atoms with Gasteiger partial charge in [-0.15, -0.1) is 0 Å². The van der Waals surface area contributed by atoms with E-state index in [-0.39, 0.29) is 30.4 Å². The van der Waals surface area contributed by atoms with E-state index in [0.29, 0.717) is 24.9 Å². The predicted molar refractivity (Wildman–Crippen MR) is 115 cm³/mol. The number of halogens is 3. The summed E-state index contributed by atoms with van der Waals surface area (Å²) in [5, 5.41) is 2.71. The largest absolute Gasteiger partial charge is 0.416 e. The minimum Gasteiger partial charge on any atom is -0.370 e. The maximum absolute atomic E-state index is 13.2. The van der Waals surface area contributed by atoms with Gasteiger partial charge in [0.05, 0.1) is 22.7 Å². The first-order chi connectivity index (χ1) is 14.6. The van der Waals surface area contributed by atoms with Gasteiger partial charge in [0.2, 0.25) is 15.9 Å². The number of carbonyl (C=O) groups excluding carboxylic acids is 1. The molecule has 1 aromatic carbocycles. The Balaban J connectivity index is 1.70. The number of nitrogens with one attached hydrogen (secondary N) is 1. The lowest BCUT2D eigenvalue weighted by atomic mass is 9.97. The van der Waals surface area contributed by atoms with Gasteiger partial charge in [-0.2, -0.15) is 13.2 Å². The highest BCUT2D eigenvalue weighted by Crippen LogP contribution is 2.37. The van der Waals surface area contributed by atoms with Crippen molar-refractivity contribution in [3.63, 3.8) is 0 Å². The Hall–Kier alpha value is -1.81. The first-order valence-corrected chi connectivity index (χ1v) is 12.5. The molecule has 0 atom stereocenters. The van der Waals surface area contributed by atoms with Crippen LogP contribution in [0.3, 0.4) is 0 Å². The van der Waals surface area contributed by atoms with Gasteiger partial charge in [0, 0.05) is 32.1 Å². The molecular weight excluding hydrogens is 431 g/mol. The van der Waals surface area contributed by atoms with Crippen molar-refractivity contribution in [3.05, 3.63) is 23.8 Å². The molecule has 2 aliphatic rings. The number of alkyl halides is 3. The molecule has 0 saturated carbocycles. The molecule has 2 heterocycles. The average molecular weight is 462 g/mol. The van der Waals surface area contributed by atoms with E-state index in [0.717, 1.165) is 44.5 Å². The lowest BCUT2D eigenvalue weighted by Crippen LogP contribution is -2.42. The van der Waals surface area contributed by atoms with Crippen LogP contribution in [0.5, 0.6) is 0 Å². The first kappa shape index (κ1) is 23.8. The van der Waals surface area contributed by atoms with Crippen LogP contribution in [0.2, 0.25) is 0 Å². The lowest BCUT2D eigenvalue weighted by Gasteiger charge is -2.31. The summed E-state index contributed by atoms with van der Waals surface area (Å²) in [7, 11) is -3.32. The molecule has 10 heteroatoms. The Bertz CT molecular complexity index is 876. The Kier molecular flexibility index (Phi) is 7.51. The van der Waals surface area contributed by atoms with Crippen LogP contribution in [0, 0.1) is 5.92 Å². The quantitative estimate of drug-likeness (QED) is 0.664. The van der Waals surface area contributed by atoms with Crippen LogP contribution < -0.4 is 10.2 Å². The van der Waals surface area contributed by atoms with Crippen LogP contribution in [0.4, 0.5) is 24.5 Å². The number of nitrogens with zero attached hydrogens (tertiary/aromatic N) is 2. The van der Waals surface area contributed by atoms with Gasteiger partial charge < -0.3 is 10.2 Å². The van der Waals surface area contributed by atoms with Gasteiger partial charge in [-0.05, 0) is 50.3 Å². The Labute approximate surface area is 181 Å². The van der Waals surface area contributed by atoms with Gasteiger partial charge in [0.1, 0.15) is 0 Å². The SMILES string of the molecule is CCCCS(=O)(=O)N1CCC(C(=O)Nc2cc(C(F)(F)F)ccc2N2CCCC2)CC1. The molecule has 31 heavy (non-hydrogen) atoms. The van der Waals surface area contributed by atoms with Crippen LogP contribution in [0.1, 0.15) is 51.0 Å². The molecule has 1 amide bonds. The maximum atomic E-state index is 13.2. The number of benzene rings is 1. The lowest BCUT2D eigenvalue weighted by molar-refractivity contribution is -0.137. The molecule has 2 saturated heterocycles. The molecule has 174 valence electrons. The van der Waals surface area contributed by atoms with Crippen LogP contribution in [0.15, 0.2) is 18.2 Å². The van der Waals surface area contributed by atoms with Crippen LogP contribution >= 0.6 is 0 Å². The molecule has 0 unspecified atom stereocenters. The molecule has 2 aliphatic heterocycles. The fourth-order valence-electron chi connectivity index (χ4n) is 4.13. The van der Waals surface area contributed by atoms with E-state index >= 15 is 0 Å². The van der Waals surface area contributed by atoms with Crippen molar-refractivity contribution in [2.75, 3.05) is 42.1 Å². The smallest absolute Gasteiger partial charge is 0.370 e. The molecule has 0 bridgehead atoms. The van der Waals surface area contributed by atoms with Gasteiger partial charge in [-0.1, -0.05) is 13.3 Å². The van der Waals surface area contributed by atoms with Crippen LogP contribution in [-0.2, 0) is 21.0 Å². The van der Waals surface area contributed by atoms with Crippen molar-refractivity contribution in [1.29, 1.82) is 0 Å². The monoisotopic (exact) mass is 461 g/mol. The van der Waals surface area contributed by atoms with Gasteiger partial charge >= 0.3 is 6.18 Å². The fourth-order valence-corrected chi connectivity index (χ4v) is 5.81. The Morgan fingerprint density at radius 1 is 1.13 bits per heavy atom. The van der Waals surface area contributed by atoms with Gasteiger partial charge in [-0.3, -0.25) is 4.79 Å². The molecule has 2 fully saturated rings. The summed E-state index contributed by atoms with van der Waals surface area (Å²) in [5.41, 5.74) is -0.0410. The minimum atomic E-state index is -4.50. The Morgan fingerprint density at radius 2 is 1.77 bits per heavy atom. The standard InChI is InChI=1S/C21H30F3N3O3S/c1-2-3-14-31(29,30)27-12-8-16(9-13-27)20(28)25-18-15-17(21(22,23)24)6-7-19(18)26-10-4-5-11-26/h6-7,15-16H,2-5,8-14H2,1H3,(H,25,28). The second-order valence-corrected chi connectivity index (χ2v) is 10.3. The predicted octanol–water partition coefficient (Wildman–Crippen LogP) is 4.09. The van der Waals surface area contributed by atoms with Crippen molar-refractivity contribution in [3.8, 4) is 0 Å². The van der Waals surface area contributed by atoms with Gasteiger partial charge in [-0.25, -0.2) is 12.7 Å². The van der Waals surface area contributed by atoms with Gasteiger partial charge in [0.25, 0.3) is 0 Å². The minimum absolute atomic E-state index is 0.101. The number of carbonyl (C=O) groups is 1. The second-order valence-electron chi connectivity index (χ2n) is 8.26. The highest BCUT2D eigenvalue weighted by atomic mass is 32.2. The summed E-state index contributed by atoms with van der Waals surface area (Å²) in [5.74, 6) is -0.687. The number of amides is 1. The number of sulfonamides is 1. The van der Waals surface area contributed by atoms with Crippen molar-refractivity contribution in [1.82, 2.24) is 4.31 Å². The molecule has 0 aliphatic carbocycles. The summed E-state index contributed by atoms with van der Waals surface area (Å²) in [6, 6.07) is 3.46. The molecule has 0 aromatic heterocycles. The van der Waals surface area contributed by atoms with E-state index in [4.69, 9.17) is 0 Å². The average Bonchev–Trinajstić information content (AvgIpc) is 3.26. The zero-order chi connectivity index (χ0) is 22.6. The maximum Gasteiger partial charge on any atom is 0.416 e. The summed E-state index contributed by atoms with van der Waals surface area (Å²) in [4.78, 5) is 14.8. The zero-order valence-electron chi connectivity index (χ0n) is 17.7. The van der Waals surface area contributed by atoms with E-state index in [9.17, 15) is 26.4 Å². The van der Waals surface area contributed by atoms with Crippen LogP contribution in [0.25, 0.3) is 0 Å². The topological polar surface area (TPSA) is 69.7 Å². The van der Waals surface area contributed by atoms with E-state index in [2.05, 4.69) is 5.32 Å². The fraction of sp³-hybridized carbons (Fsp3) is 0.667. The number of rotatable bonds is 7. The molecule has 1 aromatic rings. The van der Waals surface area contributed by atoms with E-state index < -0.39 is 27.7 Å². The number of hydrogen-bond acceptors (Lipinski definition) is 4. The van der Waals surface area contributed by atoms with E-state index in [1.54, 1.807) is 0 Å². The van der Waals surface area contributed by atoms with Crippen molar-refractivity contribution < 1.29 is 26.4 Å². The number of anilines is 2. The molecular formula is C21H30F3N3O3S. The zero-order valence-corrected chi connectivity index (χ0v) is 18.6. The van der Waals surface area contributed by atoms with Gasteiger partial charge in [0.15, 0.2) is 0 Å². The third-order valence-corrected chi connectivity index (χ3v) is 7.96. The second kappa shape index (κ2) is 9.77. The summed E-state index contributed by atoms with van der Waals surface area (Å²) in [6.07, 6.45) is -0.490. The van der Waals surface area contributed by atoms with E-state index in [1.807, 2.05) is 11.8 Å². The van der Waals surface area contributed by atoms with E-state index in [1.165, 1.54) is 10.4 Å². The summed E-state index contributed by atoms with van der Waals surface area (Å²) < 4.78 is 65.8. The number of hydrogen-bond donors (Lipinski definition) is 1. The molecule has 0 spiro atoms. The first-order valence-electron chi connectivity index (χ1n) is 10.9. The summed E-state index contributed by atoms with van der Waals surface area (Å²) in [6.45, 7) is 3.91. The number of unbranched alkanes of at least 4 members (excludes halogenated alkanes) is 1. The third kappa shape index (κ3) is 5.91. The van der Waals surface area contributed by atoms with Crippen molar-refractivity contribution in [2.45, 2.75) is 51.6 Å². The normalized spacial score (nSPS) is 19.0. The summed E-state index contributed by atoms with van der Waals surface area (Å²) >= 11 is 0. The Morgan fingerprint density at radius 3 is 2.35 bits per heavy atom. The molecule has 6 nitrogen and oxygen atoms in total. The number of piperidine rings is 1. The molecule has 1 N–H and O–H groups in total. The highest BCUT2D eigenvalue weighted by Gasteiger charge is 2.34. The van der Waals surface area contributed by atoms with Crippen LogP contribution in [-0.4, -0.2) is 50.6 Å². The van der Waals surface area contributed by atoms with Crippen molar-refractivity contribution >= 4 is 27.3 Å². The van der Waals surface area contributed by atoms with Crippen molar-refractivity contribution in [2.24, 2.45) is 5.92 Å². The molecule has 3 rings (SSSR count). The highest BCUT2D eigenvalue weighted by molar-refractivity contribution is 7.89. The molecule has 0 radical (unpaired) electrons.